The van der Waals surface area contributed by atoms with Crippen molar-refractivity contribution in [1.82, 2.24) is 0 Å². The van der Waals surface area contributed by atoms with Crippen molar-refractivity contribution in [2.24, 2.45) is 0 Å². The average molecular weight is 879 g/mol. The van der Waals surface area contributed by atoms with E-state index in [0.717, 1.165) is 0 Å². The molecular formula is C47H250. The highest BCUT2D eigenvalue weighted by molar-refractivity contribution is 2.55. The minimum atomic E-state index is 0. The van der Waals surface area contributed by atoms with Crippen molar-refractivity contribution in [3.05, 3.63) is 0 Å². The molecule has 0 bridgehead atoms. The summed E-state index contributed by atoms with van der Waals surface area (Å²) in [5.41, 5.74) is 0. The molecule has 0 amide bonds. The Balaban J connectivity index is 0. The first kappa shape index (κ1) is 0. The summed E-state index contributed by atoms with van der Waals surface area (Å²) in [7, 11) is 0. The van der Waals surface area contributed by atoms with E-state index in [4.69, 9.17) is 0 Å². The molecule has 0 spiro atoms. The predicted molar refractivity (Wildman–Crippen MR) is 382 cm³/mol. The standard InChI is InChI=1S/47CH4.31H2/h47*1H4;31*1H/i;;;;;;;;;;;;;;;;;;;;;;;;;;;;;;;;;;;;;;;;;;;;;;;31*1+2. The summed E-state index contributed by atoms with van der Waals surface area (Å²) in [6, 6.07) is 0. The van der Waals surface area contributed by atoms with Crippen LogP contribution in [0.25, 0.3) is 0 Å². The fraction of sp³-hybridized carbons (Fsp3) is 1.00. The molecule has 0 aromatic heterocycles. The van der Waals surface area contributed by atoms with Crippen LogP contribution in [0.4, 0.5) is 0 Å². The Labute approximate surface area is 394 Å². The Bertz CT molecular complexity index is 75.6. The number of rotatable bonds is 0. The second-order valence-corrected chi connectivity index (χ2v) is 0. The van der Waals surface area contributed by atoms with Crippen LogP contribution in [0.2, 0.25) is 0 Å². The number of hydrogen-bond donors (Lipinski definition) is 0. The van der Waals surface area contributed by atoms with Gasteiger partial charge in [-0.05, 0) is 0 Å². The van der Waals surface area contributed by atoms with Gasteiger partial charge in [0, 0.05) is 44.2 Å². The van der Waals surface area contributed by atoms with Crippen molar-refractivity contribution in [2.45, 2.75) is 349 Å². The van der Waals surface area contributed by atoms with Gasteiger partial charge in [-0.2, -0.15) is 0 Å². The SMILES string of the molecule is C.C.C.C.C.C.C.C.C.C.C.C.C.C.C.C.C.C.C.C.C.C.C.C.C.C.C.C.C.C.C.C.C.C.C.C.C.C.C.C.C.C.C.C.C.C.C.[3HH].[3HH].[3HH].[3HH].[3HH].[3HH].[3HH].[3HH].[3HH].[3HH].[3HH].[3HH].[3HH].[3HH].[3HH].[3HH].[3HH].[3HH].[3HH].[3HH].[3HH].[3HH].[3HH].[3HH].[3HH].[3HH].[3HH].[3HH].[3HH].[3HH].[3HH]. The molecule has 0 aromatic rings. The second kappa shape index (κ2) is 0. The lowest BCUT2D eigenvalue weighted by molar-refractivity contribution is 2.50. The van der Waals surface area contributed by atoms with Gasteiger partial charge in [-0.3, -0.25) is 0 Å². The third kappa shape index (κ3) is 0. The maximum Gasteiger partial charge on any atom is 0 e. The molecule has 0 aromatic carbocycles. The van der Waals surface area contributed by atoms with Crippen LogP contribution in [-0.4, -0.2) is 0 Å². The van der Waals surface area contributed by atoms with Gasteiger partial charge < -0.3 is 0 Å². The molecule has 0 saturated carbocycles. The van der Waals surface area contributed by atoms with E-state index in [0.29, 0.717) is 0 Å². The maximum absolute atomic E-state index is 0. The molecular weight excluding hydrogens is 565 g/mol. The highest BCUT2D eigenvalue weighted by Gasteiger charge is -0.0316. The van der Waals surface area contributed by atoms with Crippen LogP contribution in [0.3, 0.4) is 0 Å². The van der Waals surface area contributed by atoms with Gasteiger partial charge >= 0.3 is 0 Å². The summed E-state index contributed by atoms with van der Waals surface area (Å²) in [5, 5.41) is 0. The lowest BCUT2D eigenvalue weighted by atomic mass is 12.0. The zero-order valence-corrected chi connectivity index (χ0v) is 0. The van der Waals surface area contributed by atoms with Crippen molar-refractivity contribution in [2.75, 3.05) is 0 Å². The first-order chi connectivity index (χ1) is 0. The van der Waals surface area contributed by atoms with E-state index in [1.165, 1.54) is 0 Å². The minimum Gasteiger partial charge on any atom is -0.0776 e. The molecule has 0 unspecified atom stereocenters. The van der Waals surface area contributed by atoms with Crippen LogP contribution in [0.5, 0.6) is 0 Å². The van der Waals surface area contributed by atoms with Crippen molar-refractivity contribution >= 4 is 0 Å². The molecule has 0 N–H and O–H groups in total. The van der Waals surface area contributed by atoms with E-state index < -0.39 is 0 Å². The molecule has 0 saturated heterocycles. The molecule has 0 aliphatic heterocycles. The zero-order valence-electron chi connectivity index (χ0n) is 0. The lowest BCUT2D eigenvalue weighted by Gasteiger charge is -0.0786. The lowest BCUT2D eigenvalue weighted by Crippen LogP contribution is 0.143. The van der Waals surface area contributed by atoms with E-state index in [-0.39, 0.29) is 393 Å². The summed E-state index contributed by atoms with van der Waals surface area (Å²) < 4.78 is 0. The van der Waals surface area contributed by atoms with E-state index >= 15 is 0 Å². The molecule has 438 valence electrons. The van der Waals surface area contributed by atoms with Gasteiger partial charge in [-0.1, -0.05) is 349 Å². The molecule has 0 heteroatoms. The topological polar surface area (TPSA) is 0 Å². The summed E-state index contributed by atoms with van der Waals surface area (Å²) in [5.74, 6) is 0. The van der Waals surface area contributed by atoms with Gasteiger partial charge in [-0.25, -0.2) is 0 Å². The zero-order chi connectivity index (χ0) is 0. The van der Waals surface area contributed by atoms with Crippen molar-refractivity contribution in [3.63, 3.8) is 0 Å². The summed E-state index contributed by atoms with van der Waals surface area (Å²) in [4.78, 5) is 0. The van der Waals surface area contributed by atoms with Crippen LogP contribution in [0.1, 0.15) is 393 Å². The van der Waals surface area contributed by atoms with Crippen LogP contribution in [0.15, 0.2) is 0 Å². The Morgan fingerprint density at radius 3 is 0.0426 bits per heavy atom. The highest BCUT2D eigenvalue weighted by atomic mass is 12.1. The fourth-order valence-corrected chi connectivity index (χ4v) is 0. The van der Waals surface area contributed by atoms with Crippen molar-refractivity contribution < 1.29 is 44.2 Å². The minimum absolute atomic E-state index is 0. The summed E-state index contributed by atoms with van der Waals surface area (Å²) >= 11 is 0. The Hall–Kier alpha value is 0. The maximum atomic E-state index is 0. The smallest absolute Gasteiger partial charge is 0 e. The molecule has 0 atom stereocenters. The van der Waals surface area contributed by atoms with E-state index in [1.54, 1.807) is 0 Å². The molecule has 0 aliphatic carbocycles. The Morgan fingerprint density at radius 1 is 0.0426 bits per heavy atom. The van der Waals surface area contributed by atoms with Gasteiger partial charge in [0.25, 0.3) is 0 Å². The van der Waals surface area contributed by atoms with Crippen LogP contribution in [-0.2, 0) is 0 Å². The van der Waals surface area contributed by atoms with E-state index in [9.17, 15) is 0 Å². The largest absolute Gasteiger partial charge is 0.0776 e. The van der Waals surface area contributed by atoms with Crippen molar-refractivity contribution in [3.8, 4) is 0 Å². The Morgan fingerprint density at radius 2 is 0.0426 bits per heavy atom. The molecule has 47 heavy (non-hydrogen) atoms. The van der Waals surface area contributed by atoms with Crippen LogP contribution in [0, 0.1) is 0 Å². The second-order valence-electron chi connectivity index (χ2n) is 0. The third-order valence-corrected chi connectivity index (χ3v) is 0. The molecule has 0 rings (SSSR count). The van der Waals surface area contributed by atoms with Gasteiger partial charge in [0.05, 0.1) is 0 Å². The highest BCUT2D eigenvalue weighted by Crippen LogP contribution is 0.190. The predicted octanol–water partition coefficient (Wildman–Crippen LogP) is 37.5. The molecule has 0 nitrogen and oxygen atoms in total. The van der Waals surface area contributed by atoms with E-state index in [1.807, 2.05) is 0 Å². The summed E-state index contributed by atoms with van der Waals surface area (Å²) in [6.07, 6.45) is 0. The normalized spacial score (nSPS) is 0. The van der Waals surface area contributed by atoms with Gasteiger partial charge in [0.1, 0.15) is 0 Å². The first-order valence-corrected chi connectivity index (χ1v) is 0. The van der Waals surface area contributed by atoms with Gasteiger partial charge in [0.2, 0.25) is 0 Å². The van der Waals surface area contributed by atoms with Gasteiger partial charge in [0.15, 0.2) is 0 Å². The third-order valence-electron chi connectivity index (χ3n) is 0. The molecule has 0 radical (unpaired) electrons. The van der Waals surface area contributed by atoms with Crippen molar-refractivity contribution in [1.29, 1.82) is 0 Å². The number of hydrogen-bond acceptors (Lipinski definition) is 0. The van der Waals surface area contributed by atoms with Gasteiger partial charge in [-0.15, -0.1) is 0 Å². The molecule has 0 heterocycles. The average Bonchev–Trinajstić information content (AvgIpc) is 0. The van der Waals surface area contributed by atoms with Crippen LogP contribution < -0.4 is 0 Å². The quantitative estimate of drug-likeness (QED) is 0.227. The first-order valence-electron chi connectivity index (χ1n) is 0. The van der Waals surface area contributed by atoms with Crippen LogP contribution >= 0.6 is 0 Å². The van der Waals surface area contributed by atoms with E-state index in [2.05, 4.69) is 0 Å². The molecule has 0 fully saturated rings. The summed E-state index contributed by atoms with van der Waals surface area (Å²) in [6.45, 7) is 0. The fourth-order valence-electron chi connectivity index (χ4n) is 0. The Kier molecular flexibility index (Phi) is 0. The molecule has 0 aliphatic rings. The monoisotopic (exact) mass is 878 g/mol.